The van der Waals surface area contributed by atoms with Gasteiger partial charge in [-0.05, 0) is 17.7 Å². The first-order valence-electron chi connectivity index (χ1n) is 8.79. The minimum absolute atomic E-state index is 0.229. The molecule has 2 aromatic carbocycles. The van der Waals surface area contributed by atoms with Gasteiger partial charge in [0.25, 0.3) is 5.91 Å². The zero-order valence-corrected chi connectivity index (χ0v) is 15.9. The molecule has 0 unspecified atom stereocenters. The van der Waals surface area contributed by atoms with Gasteiger partial charge in [0, 0.05) is 13.5 Å². The van der Waals surface area contributed by atoms with E-state index in [0.717, 1.165) is 5.56 Å². The third-order valence-electron chi connectivity index (χ3n) is 4.72. The average molecular weight is 389 g/mol. The number of carbonyl (C=O) groups excluding carboxylic acids is 1. The molecule has 0 bridgehead atoms. The van der Waals surface area contributed by atoms with Crippen LogP contribution in [0.4, 0.5) is 0 Å². The van der Waals surface area contributed by atoms with Crippen LogP contribution in [0.3, 0.4) is 0 Å². The highest BCUT2D eigenvalue weighted by molar-refractivity contribution is 7.91. The molecule has 1 saturated heterocycles. The van der Waals surface area contributed by atoms with Gasteiger partial charge < -0.3 is 14.7 Å². The Labute approximate surface area is 159 Å². The van der Waals surface area contributed by atoms with Crippen molar-refractivity contribution in [2.24, 2.45) is 0 Å². The summed E-state index contributed by atoms with van der Waals surface area (Å²) >= 11 is 0. The van der Waals surface area contributed by atoms with Gasteiger partial charge in [0.1, 0.15) is 5.75 Å². The number of para-hydroxylation sites is 1. The van der Waals surface area contributed by atoms with Gasteiger partial charge in [-0.3, -0.25) is 4.79 Å². The van der Waals surface area contributed by atoms with Crippen molar-refractivity contribution in [2.75, 3.05) is 25.2 Å². The Balaban J connectivity index is 1.70. The average Bonchev–Trinajstić information content (AvgIpc) is 2.94. The minimum Gasteiger partial charge on any atom is -0.492 e. The molecule has 7 heteroatoms. The number of rotatable bonds is 6. The fourth-order valence-electron chi connectivity index (χ4n) is 3.21. The van der Waals surface area contributed by atoms with Crippen molar-refractivity contribution in [3.05, 3.63) is 65.7 Å². The summed E-state index contributed by atoms with van der Waals surface area (Å²) in [5, 5.41) is 10.0. The first kappa shape index (κ1) is 19.4. The molecular weight excluding hydrogens is 366 g/mol. The van der Waals surface area contributed by atoms with E-state index in [9.17, 15) is 18.3 Å². The van der Waals surface area contributed by atoms with Gasteiger partial charge in [-0.1, -0.05) is 42.5 Å². The van der Waals surface area contributed by atoms with Crippen LogP contribution in [0.25, 0.3) is 0 Å². The molecule has 0 radical (unpaired) electrons. The summed E-state index contributed by atoms with van der Waals surface area (Å²) in [6, 6.07) is 16.0. The van der Waals surface area contributed by atoms with E-state index in [1.54, 1.807) is 24.3 Å². The van der Waals surface area contributed by atoms with Crippen molar-refractivity contribution in [2.45, 2.75) is 18.6 Å². The molecule has 27 heavy (non-hydrogen) atoms. The second-order valence-corrected chi connectivity index (χ2v) is 8.86. The second kappa shape index (κ2) is 8.10. The van der Waals surface area contributed by atoms with Crippen LogP contribution in [0, 0.1) is 0 Å². The Morgan fingerprint density at radius 2 is 1.78 bits per heavy atom. The number of hydrogen-bond acceptors (Lipinski definition) is 5. The number of sulfone groups is 1. The molecule has 0 aliphatic carbocycles. The van der Waals surface area contributed by atoms with Crippen molar-refractivity contribution in [1.82, 2.24) is 4.90 Å². The predicted molar refractivity (Wildman–Crippen MR) is 103 cm³/mol. The predicted octanol–water partition coefficient (Wildman–Crippen LogP) is 1.54. The van der Waals surface area contributed by atoms with Crippen LogP contribution in [0.5, 0.6) is 5.75 Å². The highest BCUT2D eigenvalue weighted by Gasteiger charge is 2.40. The van der Waals surface area contributed by atoms with E-state index in [0.29, 0.717) is 24.3 Å². The van der Waals surface area contributed by atoms with Gasteiger partial charge in [-0.2, -0.15) is 0 Å². The first-order valence-corrected chi connectivity index (χ1v) is 10.6. The molecule has 6 nitrogen and oxygen atoms in total. The lowest BCUT2D eigenvalue weighted by atomic mass is 10.1. The van der Waals surface area contributed by atoms with Crippen LogP contribution in [-0.4, -0.2) is 61.6 Å². The smallest absolute Gasteiger partial charge is 0.257 e. The van der Waals surface area contributed by atoms with E-state index in [4.69, 9.17) is 4.74 Å². The molecule has 1 aliphatic rings. The van der Waals surface area contributed by atoms with Gasteiger partial charge in [0.05, 0.1) is 35.8 Å². The van der Waals surface area contributed by atoms with Gasteiger partial charge in [0.15, 0.2) is 9.84 Å². The number of nitrogens with zero attached hydrogens (tertiary/aromatic N) is 1. The summed E-state index contributed by atoms with van der Waals surface area (Å²) in [6.45, 7) is 0.415. The van der Waals surface area contributed by atoms with Crippen LogP contribution in [-0.2, 0) is 16.3 Å². The quantitative estimate of drug-likeness (QED) is 0.810. The maximum absolute atomic E-state index is 12.9. The number of amides is 1. The summed E-state index contributed by atoms with van der Waals surface area (Å²) in [5.74, 6) is -0.468. The van der Waals surface area contributed by atoms with Gasteiger partial charge in [-0.15, -0.1) is 0 Å². The number of aliphatic hydroxyl groups excluding tert-OH is 1. The molecule has 1 aliphatic heterocycles. The maximum Gasteiger partial charge on any atom is 0.257 e. The highest BCUT2D eigenvalue weighted by Crippen LogP contribution is 2.24. The largest absolute Gasteiger partial charge is 0.492 e. The lowest BCUT2D eigenvalue weighted by Gasteiger charge is -2.26. The highest BCUT2D eigenvalue weighted by atomic mass is 32.2. The number of hydrogen-bond donors (Lipinski definition) is 1. The minimum atomic E-state index is -3.34. The molecule has 1 heterocycles. The SMILES string of the molecule is CN(C(=O)c1ccccc1OCCc1ccccc1)[C@@H]1CS(=O)(=O)C[C@H]1O. The third kappa shape index (κ3) is 4.67. The van der Waals surface area contributed by atoms with Gasteiger partial charge >= 0.3 is 0 Å². The molecule has 3 rings (SSSR count). The number of ether oxygens (including phenoxy) is 1. The fraction of sp³-hybridized carbons (Fsp3) is 0.350. The Bertz CT molecular complexity index is 898. The first-order chi connectivity index (χ1) is 12.9. The van der Waals surface area contributed by atoms with E-state index < -0.39 is 22.0 Å². The normalized spacial score (nSPS) is 21.0. The molecule has 2 atom stereocenters. The van der Waals surface area contributed by atoms with Crippen molar-refractivity contribution in [1.29, 1.82) is 0 Å². The van der Waals surface area contributed by atoms with Crippen molar-refractivity contribution < 1.29 is 23.1 Å². The Kier molecular flexibility index (Phi) is 5.82. The van der Waals surface area contributed by atoms with E-state index >= 15 is 0 Å². The van der Waals surface area contributed by atoms with E-state index in [1.807, 2.05) is 30.3 Å². The molecule has 1 N–H and O–H groups in total. The standard InChI is InChI=1S/C20H23NO5S/c1-21(17-13-27(24,25)14-18(17)22)20(23)16-9-5-6-10-19(16)26-12-11-15-7-3-2-4-8-15/h2-10,17-18,22H,11-14H2,1H3/t17-,18-/m1/s1. The maximum atomic E-state index is 12.9. The van der Waals surface area contributed by atoms with Crippen molar-refractivity contribution in [3.8, 4) is 5.75 Å². The van der Waals surface area contributed by atoms with Crippen LogP contribution >= 0.6 is 0 Å². The van der Waals surface area contributed by atoms with E-state index in [1.165, 1.54) is 11.9 Å². The van der Waals surface area contributed by atoms with Crippen LogP contribution in [0.15, 0.2) is 54.6 Å². The van der Waals surface area contributed by atoms with Gasteiger partial charge in [-0.25, -0.2) is 8.42 Å². The molecule has 1 fully saturated rings. The van der Waals surface area contributed by atoms with Crippen molar-refractivity contribution in [3.63, 3.8) is 0 Å². The molecule has 1 amide bonds. The van der Waals surface area contributed by atoms with Crippen LogP contribution < -0.4 is 4.74 Å². The number of aliphatic hydroxyl groups is 1. The Morgan fingerprint density at radius 3 is 2.44 bits per heavy atom. The second-order valence-electron chi connectivity index (χ2n) is 6.71. The Morgan fingerprint density at radius 1 is 1.11 bits per heavy atom. The summed E-state index contributed by atoms with van der Waals surface area (Å²) in [4.78, 5) is 14.2. The summed E-state index contributed by atoms with van der Waals surface area (Å²) in [6.07, 6.45) is -0.367. The topological polar surface area (TPSA) is 83.9 Å². The van der Waals surface area contributed by atoms with Gasteiger partial charge in [0.2, 0.25) is 0 Å². The number of likely N-dealkylation sites (N-methyl/N-ethyl adjacent to an activating group) is 1. The van der Waals surface area contributed by atoms with Crippen LogP contribution in [0.2, 0.25) is 0 Å². The Hall–Kier alpha value is -2.38. The monoisotopic (exact) mass is 389 g/mol. The zero-order valence-electron chi connectivity index (χ0n) is 15.1. The molecule has 2 aromatic rings. The fourth-order valence-corrected chi connectivity index (χ4v) is 5.06. The lowest BCUT2D eigenvalue weighted by molar-refractivity contribution is 0.0577. The number of benzene rings is 2. The molecule has 0 spiro atoms. The lowest BCUT2D eigenvalue weighted by Crippen LogP contribution is -2.44. The summed E-state index contributed by atoms with van der Waals surface area (Å²) in [7, 11) is -1.82. The zero-order chi connectivity index (χ0) is 19.4. The summed E-state index contributed by atoms with van der Waals surface area (Å²) in [5.41, 5.74) is 1.49. The molecule has 0 aromatic heterocycles. The van der Waals surface area contributed by atoms with Crippen molar-refractivity contribution >= 4 is 15.7 Å². The van der Waals surface area contributed by atoms with Crippen LogP contribution in [0.1, 0.15) is 15.9 Å². The summed E-state index contributed by atoms with van der Waals surface area (Å²) < 4.78 is 29.3. The third-order valence-corrected chi connectivity index (χ3v) is 6.42. The van der Waals surface area contributed by atoms with E-state index in [-0.39, 0.29) is 17.4 Å². The number of carbonyl (C=O) groups is 1. The molecule has 144 valence electrons. The van der Waals surface area contributed by atoms with E-state index in [2.05, 4.69) is 0 Å². The molecule has 0 saturated carbocycles. The molecular formula is C20H23NO5S.